The molecule has 1 aliphatic rings. The van der Waals surface area contributed by atoms with Gasteiger partial charge in [0.15, 0.2) is 0 Å². The lowest BCUT2D eigenvalue weighted by Gasteiger charge is -2.18. The van der Waals surface area contributed by atoms with Gasteiger partial charge >= 0.3 is 0 Å². The molecule has 2 aromatic rings. The van der Waals surface area contributed by atoms with E-state index in [2.05, 4.69) is 29.2 Å². The Hall–Kier alpha value is -1.88. The number of ether oxygens (including phenoxy) is 1. The van der Waals surface area contributed by atoms with E-state index in [0.29, 0.717) is 5.92 Å². The molecule has 1 unspecified atom stereocenters. The number of nitrogens with zero attached hydrogens (tertiary/aromatic N) is 1. The van der Waals surface area contributed by atoms with Gasteiger partial charge in [-0.25, -0.2) is 0 Å². The molecule has 0 radical (unpaired) electrons. The molecule has 2 aromatic carbocycles. The van der Waals surface area contributed by atoms with E-state index in [4.69, 9.17) is 4.74 Å². The van der Waals surface area contributed by atoms with Crippen molar-refractivity contribution in [1.82, 2.24) is 4.90 Å². The molecule has 0 spiro atoms. The second kappa shape index (κ2) is 9.36. The monoisotopic (exact) mass is 369 g/mol. The highest BCUT2D eigenvalue weighted by molar-refractivity contribution is 5.37. The van der Waals surface area contributed by atoms with Crippen LogP contribution in [-0.2, 0) is 26.2 Å². The Balaban J connectivity index is 1.57. The summed E-state index contributed by atoms with van der Waals surface area (Å²) in [5.74, 6) is 1.43. The second-order valence-electron chi connectivity index (χ2n) is 7.84. The van der Waals surface area contributed by atoms with Crippen molar-refractivity contribution in [3.63, 3.8) is 0 Å². The molecular formula is C23H31NO3. The van der Waals surface area contributed by atoms with Gasteiger partial charge in [0.05, 0.1) is 19.3 Å². The van der Waals surface area contributed by atoms with E-state index in [0.717, 1.165) is 42.9 Å². The van der Waals surface area contributed by atoms with Gasteiger partial charge in [-0.15, -0.1) is 0 Å². The highest BCUT2D eigenvalue weighted by Crippen LogP contribution is 2.26. The smallest absolute Gasteiger partial charge is 0.125 e. The molecule has 0 aromatic heterocycles. The summed E-state index contributed by atoms with van der Waals surface area (Å²) in [5, 5.41) is 19.0. The van der Waals surface area contributed by atoms with Crippen molar-refractivity contribution >= 4 is 0 Å². The van der Waals surface area contributed by atoms with Crippen molar-refractivity contribution in [2.75, 3.05) is 13.1 Å². The van der Waals surface area contributed by atoms with Gasteiger partial charge in [-0.3, -0.25) is 4.90 Å². The number of rotatable bonds is 8. The average Bonchev–Trinajstić information content (AvgIpc) is 3.09. The summed E-state index contributed by atoms with van der Waals surface area (Å²) in [4.78, 5) is 2.49. The van der Waals surface area contributed by atoms with E-state index >= 15 is 0 Å². The second-order valence-corrected chi connectivity index (χ2v) is 7.84. The fourth-order valence-electron chi connectivity index (χ4n) is 3.89. The van der Waals surface area contributed by atoms with Crippen LogP contribution in [0.25, 0.3) is 0 Å². The predicted octanol–water partition coefficient (Wildman–Crippen LogP) is 3.52. The van der Waals surface area contributed by atoms with Crippen molar-refractivity contribution < 1.29 is 14.9 Å². The molecule has 0 amide bonds. The molecule has 2 N–H and O–H groups in total. The molecule has 1 heterocycles. The maximum absolute atomic E-state index is 9.65. The summed E-state index contributed by atoms with van der Waals surface area (Å²) < 4.78 is 5.77. The van der Waals surface area contributed by atoms with Gasteiger partial charge in [-0.05, 0) is 68.0 Å². The predicted molar refractivity (Wildman–Crippen MR) is 108 cm³/mol. The van der Waals surface area contributed by atoms with Crippen LogP contribution in [0.5, 0.6) is 5.75 Å². The minimum Gasteiger partial charge on any atom is -0.491 e. The molecule has 4 nitrogen and oxygen atoms in total. The molecule has 3 rings (SSSR count). The zero-order chi connectivity index (χ0) is 19.2. The van der Waals surface area contributed by atoms with E-state index < -0.39 is 0 Å². The summed E-state index contributed by atoms with van der Waals surface area (Å²) in [6.45, 7) is 7.19. The quantitative estimate of drug-likeness (QED) is 0.747. The molecule has 0 bridgehead atoms. The fourth-order valence-corrected chi connectivity index (χ4v) is 3.89. The maximum Gasteiger partial charge on any atom is 0.125 e. The maximum atomic E-state index is 9.65. The van der Waals surface area contributed by atoms with Gasteiger partial charge in [-0.2, -0.15) is 0 Å². The average molecular weight is 370 g/mol. The van der Waals surface area contributed by atoms with Crippen LogP contribution < -0.4 is 4.74 Å². The van der Waals surface area contributed by atoms with E-state index in [1.54, 1.807) is 0 Å². The van der Waals surface area contributed by atoms with Crippen LogP contribution in [0.1, 0.15) is 42.5 Å². The van der Waals surface area contributed by atoms with Crippen molar-refractivity contribution in [3.8, 4) is 5.75 Å². The minimum absolute atomic E-state index is 0.000282. The Morgan fingerprint density at radius 1 is 1.04 bits per heavy atom. The Bertz CT molecular complexity index is 744. The first kappa shape index (κ1) is 19.9. The van der Waals surface area contributed by atoms with Crippen molar-refractivity contribution in [2.45, 2.75) is 52.6 Å². The molecule has 0 aliphatic carbocycles. The summed E-state index contributed by atoms with van der Waals surface area (Å²) in [6, 6.07) is 14.4. The largest absolute Gasteiger partial charge is 0.491 e. The van der Waals surface area contributed by atoms with Crippen molar-refractivity contribution in [3.05, 3.63) is 64.7 Å². The van der Waals surface area contributed by atoms with Crippen LogP contribution in [-0.4, -0.2) is 34.3 Å². The third kappa shape index (κ3) is 5.55. The number of hydrogen-bond donors (Lipinski definition) is 2. The van der Waals surface area contributed by atoms with E-state index in [1.807, 2.05) is 32.0 Å². The first-order chi connectivity index (χ1) is 13.1. The Kier molecular flexibility index (Phi) is 6.89. The highest BCUT2D eigenvalue weighted by atomic mass is 16.5. The molecule has 146 valence electrons. The molecule has 0 saturated carbocycles. The minimum atomic E-state index is -0.000282. The highest BCUT2D eigenvalue weighted by Gasteiger charge is 2.23. The lowest BCUT2D eigenvalue weighted by atomic mass is 9.97. The van der Waals surface area contributed by atoms with Crippen LogP contribution in [0, 0.1) is 5.92 Å². The number of likely N-dealkylation sites (tertiary alicyclic amines) is 1. The van der Waals surface area contributed by atoms with Crippen LogP contribution >= 0.6 is 0 Å². The molecule has 27 heavy (non-hydrogen) atoms. The zero-order valence-corrected chi connectivity index (χ0v) is 16.4. The van der Waals surface area contributed by atoms with Crippen LogP contribution in [0.3, 0.4) is 0 Å². The summed E-state index contributed by atoms with van der Waals surface area (Å²) in [6.07, 6.45) is 2.36. The van der Waals surface area contributed by atoms with E-state index in [-0.39, 0.29) is 19.3 Å². The standard InChI is InChI=1S/C23H31NO3/c1-17(2)27-23-7-6-19(12-22(23)16-26)13-24-9-8-20(14-24)10-18-4-3-5-21(11-18)15-25/h3-7,11-12,17,20,25-26H,8-10,13-16H2,1-2H3. The van der Waals surface area contributed by atoms with Gasteiger partial charge in [0, 0.05) is 18.7 Å². The number of aliphatic hydroxyl groups is 2. The number of aliphatic hydroxyl groups excluding tert-OH is 2. The Labute approximate surface area is 162 Å². The molecule has 1 atom stereocenters. The van der Waals surface area contributed by atoms with Crippen molar-refractivity contribution in [2.24, 2.45) is 5.92 Å². The summed E-state index contributed by atoms with van der Waals surface area (Å²) >= 11 is 0. The summed E-state index contributed by atoms with van der Waals surface area (Å²) in [5.41, 5.74) is 4.38. The normalized spacial score (nSPS) is 17.6. The lowest BCUT2D eigenvalue weighted by molar-refractivity contribution is 0.225. The van der Waals surface area contributed by atoms with Gasteiger partial charge in [0.1, 0.15) is 5.75 Å². The molecular weight excluding hydrogens is 338 g/mol. The Morgan fingerprint density at radius 2 is 1.85 bits per heavy atom. The number of hydrogen-bond acceptors (Lipinski definition) is 4. The molecule has 1 aliphatic heterocycles. The van der Waals surface area contributed by atoms with Crippen molar-refractivity contribution in [1.29, 1.82) is 0 Å². The van der Waals surface area contributed by atoms with Crippen LogP contribution in [0.4, 0.5) is 0 Å². The zero-order valence-electron chi connectivity index (χ0n) is 16.4. The third-order valence-corrected chi connectivity index (χ3v) is 5.13. The van der Waals surface area contributed by atoms with Crippen LogP contribution in [0.15, 0.2) is 42.5 Å². The van der Waals surface area contributed by atoms with E-state index in [1.165, 1.54) is 17.5 Å². The molecule has 1 fully saturated rings. The molecule has 4 heteroatoms. The Morgan fingerprint density at radius 3 is 2.59 bits per heavy atom. The fraction of sp³-hybridized carbons (Fsp3) is 0.478. The lowest BCUT2D eigenvalue weighted by Crippen LogP contribution is -2.21. The van der Waals surface area contributed by atoms with Gasteiger partial charge in [-0.1, -0.05) is 30.3 Å². The topological polar surface area (TPSA) is 52.9 Å². The summed E-state index contributed by atoms with van der Waals surface area (Å²) in [7, 11) is 0. The van der Waals surface area contributed by atoms with Gasteiger partial charge in [0.25, 0.3) is 0 Å². The first-order valence-corrected chi connectivity index (χ1v) is 9.87. The third-order valence-electron chi connectivity index (χ3n) is 5.13. The number of benzene rings is 2. The molecule has 1 saturated heterocycles. The SMILES string of the molecule is CC(C)Oc1ccc(CN2CCC(Cc3cccc(CO)c3)C2)cc1CO. The van der Waals surface area contributed by atoms with E-state index in [9.17, 15) is 10.2 Å². The van der Waals surface area contributed by atoms with Crippen LogP contribution in [0.2, 0.25) is 0 Å². The van der Waals surface area contributed by atoms with Gasteiger partial charge in [0.2, 0.25) is 0 Å². The van der Waals surface area contributed by atoms with Gasteiger partial charge < -0.3 is 14.9 Å². The first-order valence-electron chi connectivity index (χ1n) is 9.87.